The molecule has 1 atom stereocenters. The van der Waals surface area contributed by atoms with E-state index in [1.54, 1.807) is 53.2 Å². The lowest BCUT2D eigenvalue weighted by molar-refractivity contribution is -0.274. The van der Waals surface area contributed by atoms with Crippen LogP contribution in [0.15, 0.2) is 83.6 Å². The second-order valence-corrected chi connectivity index (χ2v) is 9.15. The van der Waals surface area contributed by atoms with E-state index < -0.39 is 36.1 Å². The lowest BCUT2D eigenvalue weighted by atomic mass is 10.1. The molecule has 0 fully saturated rings. The van der Waals surface area contributed by atoms with Gasteiger partial charge in [0.2, 0.25) is 0 Å². The van der Waals surface area contributed by atoms with Gasteiger partial charge in [-0.25, -0.2) is 9.59 Å². The van der Waals surface area contributed by atoms with Crippen molar-refractivity contribution in [2.24, 2.45) is 4.99 Å². The largest absolute Gasteiger partial charge is 0.573 e. The molecule has 2 aromatic carbocycles. The zero-order valence-corrected chi connectivity index (χ0v) is 22.0. The van der Waals surface area contributed by atoms with E-state index in [-0.39, 0.29) is 23.3 Å². The molecule has 4 N–H and O–H groups in total. The molecule has 0 radical (unpaired) electrons. The van der Waals surface area contributed by atoms with Gasteiger partial charge >= 0.3 is 18.4 Å². The van der Waals surface area contributed by atoms with Crippen LogP contribution in [0.25, 0.3) is 17.0 Å². The molecule has 2 aromatic heterocycles. The van der Waals surface area contributed by atoms with Crippen molar-refractivity contribution >= 4 is 41.1 Å². The summed E-state index contributed by atoms with van der Waals surface area (Å²) < 4.78 is 43.5. The number of nitrogens with zero attached hydrogens (tertiary/aromatic N) is 4. The highest BCUT2D eigenvalue weighted by molar-refractivity contribution is 6.02. The van der Waals surface area contributed by atoms with E-state index in [0.29, 0.717) is 29.2 Å². The fourth-order valence-corrected chi connectivity index (χ4v) is 4.25. The van der Waals surface area contributed by atoms with Gasteiger partial charge in [0.15, 0.2) is 17.2 Å². The molecule has 0 unspecified atom stereocenters. The summed E-state index contributed by atoms with van der Waals surface area (Å²) in [5, 5.41) is 25.2. The Morgan fingerprint density at radius 2 is 1.77 bits per heavy atom. The molecule has 0 aliphatic carbocycles. The Morgan fingerprint density at radius 1 is 1.00 bits per heavy atom. The van der Waals surface area contributed by atoms with Crippen LogP contribution in [0.5, 0.6) is 5.75 Å². The summed E-state index contributed by atoms with van der Waals surface area (Å²) in [5.74, 6) is -2.05. The standard InChI is InChI=1S/C28H22F3N7O5/c29-28(30,31)43-22-8-2-1-7-20(22)35-27(42)33-17-11-9-16(10-12-17)23-36-37-24-19(6-4-14-38(23)24)25(39)34-21(26(40)41)15-18-5-3-13-32-18/h1-2,4-14,21H,3,15H2,(H,34,39)(H,40,41)(H2,33,35,42)/t21-/m0/s1. The number of aromatic nitrogens is 3. The highest BCUT2D eigenvalue weighted by Gasteiger charge is 2.32. The number of alkyl halides is 3. The van der Waals surface area contributed by atoms with Crippen molar-refractivity contribution in [3.05, 3.63) is 84.2 Å². The second kappa shape index (κ2) is 12.0. The molecular weight excluding hydrogens is 571 g/mol. The number of allylic oxidation sites excluding steroid dienone is 1. The number of para-hydroxylation sites is 2. The molecule has 1 aliphatic heterocycles. The van der Waals surface area contributed by atoms with Crippen LogP contribution in [-0.2, 0) is 4.79 Å². The molecule has 0 spiro atoms. The third-order valence-corrected chi connectivity index (χ3v) is 6.17. The molecule has 5 rings (SSSR count). The predicted molar refractivity (Wildman–Crippen MR) is 149 cm³/mol. The first-order valence-corrected chi connectivity index (χ1v) is 12.7. The fourth-order valence-electron chi connectivity index (χ4n) is 4.25. The van der Waals surface area contributed by atoms with Crippen LogP contribution in [0.4, 0.5) is 29.3 Å². The molecule has 220 valence electrons. The number of ether oxygens (including phenoxy) is 1. The van der Waals surface area contributed by atoms with Crippen LogP contribution >= 0.6 is 0 Å². The molecule has 12 nitrogen and oxygen atoms in total. The van der Waals surface area contributed by atoms with E-state index in [4.69, 9.17) is 0 Å². The first-order chi connectivity index (χ1) is 20.6. The molecule has 43 heavy (non-hydrogen) atoms. The summed E-state index contributed by atoms with van der Waals surface area (Å²) >= 11 is 0. The maximum Gasteiger partial charge on any atom is 0.573 e. The average Bonchev–Trinajstić information content (AvgIpc) is 3.63. The number of carbonyl (C=O) groups is 3. The van der Waals surface area contributed by atoms with Crippen LogP contribution in [-0.4, -0.2) is 56.2 Å². The number of amides is 3. The third-order valence-electron chi connectivity index (χ3n) is 6.17. The minimum absolute atomic E-state index is 0.0326. The number of nitrogens with one attached hydrogen (secondary N) is 3. The Kier molecular flexibility index (Phi) is 8.05. The number of anilines is 2. The molecule has 15 heteroatoms. The van der Waals surface area contributed by atoms with Crippen molar-refractivity contribution in [2.75, 3.05) is 10.6 Å². The van der Waals surface area contributed by atoms with Gasteiger partial charge in [-0.2, -0.15) is 0 Å². The van der Waals surface area contributed by atoms with Crippen molar-refractivity contribution in [1.29, 1.82) is 0 Å². The van der Waals surface area contributed by atoms with Crippen molar-refractivity contribution in [3.63, 3.8) is 0 Å². The summed E-state index contributed by atoms with van der Waals surface area (Å²) in [5.41, 5.74) is 1.59. The van der Waals surface area contributed by atoms with E-state index in [1.807, 2.05) is 0 Å². The number of aliphatic carboxylic acids is 1. The summed E-state index contributed by atoms with van der Waals surface area (Å²) in [7, 11) is 0. The summed E-state index contributed by atoms with van der Waals surface area (Å²) in [6.45, 7) is 0. The van der Waals surface area contributed by atoms with Crippen LogP contribution in [0.3, 0.4) is 0 Å². The maximum atomic E-state index is 13.0. The van der Waals surface area contributed by atoms with E-state index in [1.165, 1.54) is 24.3 Å². The van der Waals surface area contributed by atoms with Gasteiger partial charge in [-0.1, -0.05) is 18.2 Å². The summed E-state index contributed by atoms with van der Waals surface area (Å²) in [6.07, 6.45) is 0.789. The fraction of sp³-hybridized carbons (Fsp3) is 0.143. The highest BCUT2D eigenvalue weighted by atomic mass is 19.4. The van der Waals surface area contributed by atoms with E-state index >= 15 is 0 Å². The maximum absolute atomic E-state index is 13.0. The number of rotatable bonds is 9. The minimum atomic E-state index is -4.93. The molecule has 3 heterocycles. The van der Waals surface area contributed by atoms with Crippen LogP contribution in [0.1, 0.15) is 23.2 Å². The number of benzene rings is 2. The minimum Gasteiger partial charge on any atom is -0.480 e. The van der Waals surface area contributed by atoms with Crippen LogP contribution in [0.2, 0.25) is 0 Å². The Morgan fingerprint density at radius 3 is 2.47 bits per heavy atom. The Hall–Kier alpha value is -5.73. The SMILES string of the molecule is O=C(Nc1ccc(-c2nnc3c(C(=O)N[C@@H](CC4=CCC=N4)C(=O)O)cccn23)cc1)Nc1ccccc1OC(F)(F)F. The van der Waals surface area contributed by atoms with E-state index in [0.717, 1.165) is 6.07 Å². The number of hydrogen-bond acceptors (Lipinski definition) is 7. The number of hydrogen-bond donors (Lipinski definition) is 4. The van der Waals surface area contributed by atoms with E-state index in [2.05, 4.69) is 35.9 Å². The summed E-state index contributed by atoms with van der Waals surface area (Å²) in [4.78, 5) is 41.3. The number of carbonyl (C=O) groups excluding carboxylic acids is 2. The topological polar surface area (TPSA) is 159 Å². The smallest absolute Gasteiger partial charge is 0.480 e. The van der Waals surface area contributed by atoms with Gasteiger partial charge in [-0.05, 0) is 48.5 Å². The van der Waals surface area contributed by atoms with Crippen molar-refractivity contribution in [3.8, 4) is 17.1 Å². The number of halogens is 3. The first-order valence-electron chi connectivity index (χ1n) is 12.7. The summed E-state index contributed by atoms with van der Waals surface area (Å²) in [6, 6.07) is 12.5. The van der Waals surface area contributed by atoms with Crippen LogP contribution in [0, 0.1) is 0 Å². The average molecular weight is 594 g/mol. The monoisotopic (exact) mass is 593 g/mol. The van der Waals surface area contributed by atoms with Crippen LogP contribution < -0.4 is 20.7 Å². The molecule has 0 saturated carbocycles. The number of carboxylic acids is 1. The molecule has 0 bridgehead atoms. The molecular formula is C28H22F3N7O5. The molecule has 1 aliphatic rings. The highest BCUT2D eigenvalue weighted by Crippen LogP contribution is 2.30. The Balaban J connectivity index is 1.28. The van der Waals surface area contributed by atoms with Gasteiger partial charge in [-0.3, -0.25) is 14.2 Å². The van der Waals surface area contributed by atoms with Gasteiger partial charge in [0.25, 0.3) is 5.91 Å². The predicted octanol–water partition coefficient (Wildman–Crippen LogP) is 4.87. The van der Waals surface area contributed by atoms with E-state index in [9.17, 15) is 32.7 Å². The zero-order chi connectivity index (χ0) is 30.6. The number of carboxylic acid groups (broad SMARTS) is 1. The molecule has 4 aromatic rings. The van der Waals surface area contributed by atoms with Crippen molar-refractivity contribution in [2.45, 2.75) is 25.2 Å². The van der Waals surface area contributed by atoms with Gasteiger partial charge in [0.1, 0.15) is 6.04 Å². The molecule has 3 amide bonds. The van der Waals surface area contributed by atoms with Crippen molar-refractivity contribution in [1.82, 2.24) is 19.9 Å². The van der Waals surface area contributed by atoms with Gasteiger partial charge < -0.3 is 25.8 Å². The lowest BCUT2D eigenvalue weighted by Gasteiger charge is -2.14. The third kappa shape index (κ3) is 6.95. The Bertz CT molecular complexity index is 1750. The van der Waals surface area contributed by atoms with Gasteiger partial charge in [-0.15, -0.1) is 23.4 Å². The van der Waals surface area contributed by atoms with Crippen molar-refractivity contribution < 1.29 is 37.4 Å². The lowest BCUT2D eigenvalue weighted by Crippen LogP contribution is -2.41. The molecule has 0 saturated heterocycles. The zero-order valence-electron chi connectivity index (χ0n) is 22.0. The quantitative estimate of drug-likeness (QED) is 0.215. The number of aliphatic imine (C=N–C) groups is 1. The Labute approximate surface area is 240 Å². The number of pyridine rings is 1. The number of urea groups is 1. The normalized spacial score (nSPS) is 13.3. The second-order valence-electron chi connectivity index (χ2n) is 9.15. The van der Waals surface area contributed by atoms with Gasteiger partial charge in [0, 0.05) is 42.2 Å². The number of fused-ring (bicyclic) bond motifs is 1. The first kappa shape index (κ1) is 28.8. The van der Waals surface area contributed by atoms with Gasteiger partial charge in [0.05, 0.1) is 11.3 Å².